The summed E-state index contributed by atoms with van der Waals surface area (Å²) in [5.74, 6) is 0.755. The highest BCUT2D eigenvalue weighted by atomic mass is 35.5. The molecule has 2 N–H and O–H groups in total. The Bertz CT molecular complexity index is 499. The van der Waals surface area contributed by atoms with Crippen molar-refractivity contribution in [1.29, 1.82) is 0 Å². The molecule has 0 saturated heterocycles. The lowest BCUT2D eigenvalue weighted by Crippen LogP contribution is -2.12. The number of rotatable bonds is 3. The lowest BCUT2D eigenvalue weighted by molar-refractivity contribution is 0.408. The van der Waals surface area contributed by atoms with Crippen molar-refractivity contribution in [2.24, 2.45) is 5.73 Å². The van der Waals surface area contributed by atoms with Crippen LogP contribution in [0.25, 0.3) is 0 Å². The van der Waals surface area contributed by atoms with E-state index in [1.807, 2.05) is 42.5 Å². The van der Waals surface area contributed by atoms with Crippen molar-refractivity contribution in [1.82, 2.24) is 0 Å². The van der Waals surface area contributed by atoms with E-state index in [1.165, 1.54) is 0 Å². The number of hydrogen-bond donors (Lipinski definition) is 1. The van der Waals surface area contributed by atoms with E-state index in [0.717, 1.165) is 16.9 Å². The Balaban J connectivity index is 2.43. The van der Waals surface area contributed by atoms with Gasteiger partial charge in [0.1, 0.15) is 5.75 Å². The molecule has 0 aliphatic carbocycles. The molecule has 17 heavy (non-hydrogen) atoms. The molecule has 0 aliphatic heterocycles. The predicted octanol–water partition coefficient (Wildman–Crippen LogP) is 3.40. The minimum Gasteiger partial charge on any atom is -0.496 e. The first-order valence-electron chi connectivity index (χ1n) is 5.36. The van der Waals surface area contributed by atoms with Gasteiger partial charge in [-0.3, -0.25) is 0 Å². The van der Waals surface area contributed by atoms with Gasteiger partial charge in [0, 0.05) is 10.6 Å². The third kappa shape index (κ3) is 2.60. The summed E-state index contributed by atoms with van der Waals surface area (Å²) in [7, 11) is 1.63. The third-order valence-corrected chi connectivity index (χ3v) is 2.92. The molecular weight excluding hydrogens is 234 g/mol. The second kappa shape index (κ2) is 5.21. The van der Waals surface area contributed by atoms with Crippen LogP contribution in [0.5, 0.6) is 5.75 Å². The zero-order valence-corrected chi connectivity index (χ0v) is 10.3. The molecule has 2 nitrogen and oxygen atoms in total. The molecule has 2 aromatic carbocycles. The van der Waals surface area contributed by atoms with Crippen LogP contribution in [0, 0.1) is 0 Å². The summed E-state index contributed by atoms with van der Waals surface area (Å²) in [5, 5.41) is 0.659. The average molecular weight is 248 g/mol. The van der Waals surface area contributed by atoms with Gasteiger partial charge in [0.2, 0.25) is 0 Å². The summed E-state index contributed by atoms with van der Waals surface area (Å²) in [6.45, 7) is 0. The van der Waals surface area contributed by atoms with Gasteiger partial charge in [-0.2, -0.15) is 0 Å². The molecular formula is C14H14ClNO. The summed E-state index contributed by atoms with van der Waals surface area (Å²) in [5.41, 5.74) is 8.15. The molecule has 0 spiro atoms. The molecule has 1 unspecified atom stereocenters. The molecule has 0 amide bonds. The Morgan fingerprint density at radius 1 is 1.12 bits per heavy atom. The van der Waals surface area contributed by atoms with Crippen molar-refractivity contribution in [3.8, 4) is 5.75 Å². The van der Waals surface area contributed by atoms with Crippen LogP contribution in [-0.2, 0) is 0 Å². The van der Waals surface area contributed by atoms with Gasteiger partial charge in [-0.1, -0.05) is 41.9 Å². The quantitative estimate of drug-likeness (QED) is 0.902. The molecule has 0 radical (unpaired) electrons. The Hall–Kier alpha value is -1.51. The average Bonchev–Trinajstić information content (AvgIpc) is 2.39. The van der Waals surface area contributed by atoms with Gasteiger partial charge >= 0.3 is 0 Å². The van der Waals surface area contributed by atoms with Gasteiger partial charge in [0.25, 0.3) is 0 Å². The van der Waals surface area contributed by atoms with Crippen LogP contribution in [0.3, 0.4) is 0 Å². The van der Waals surface area contributed by atoms with Crippen molar-refractivity contribution >= 4 is 11.6 Å². The second-order valence-corrected chi connectivity index (χ2v) is 4.21. The first-order chi connectivity index (χ1) is 8.22. The summed E-state index contributed by atoms with van der Waals surface area (Å²) < 4.78 is 5.30. The fourth-order valence-corrected chi connectivity index (χ4v) is 1.97. The number of methoxy groups -OCH3 is 1. The standard InChI is InChI=1S/C14H14ClNO/c1-17-13-8-7-11(15)9-12(13)14(16)10-5-3-2-4-6-10/h2-9,14H,16H2,1H3. The van der Waals surface area contributed by atoms with E-state index >= 15 is 0 Å². The first kappa shape index (κ1) is 12.0. The monoisotopic (exact) mass is 247 g/mol. The Morgan fingerprint density at radius 2 is 1.82 bits per heavy atom. The van der Waals surface area contributed by atoms with Gasteiger partial charge in [-0.15, -0.1) is 0 Å². The van der Waals surface area contributed by atoms with Gasteiger partial charge in [0.05, 0.1) is 13.2 Å². The highest BCUT2D eigenvalue weighted by molar-refractivity contribution is 6.30. The SMILES string of the molecule is COc1ccc(Cl)cc1C(N)c1ccccc1. The molecule has 1 atom stereocenters. The largest absolute Gasteiger partial charge is 0.496 e. The van der Waals surface area contributed by atoms with Crippen LogP contribution in [0.4, 0.5) is 0 Å². The summed E-state index contributed by atoms with van der Waals surface area (Å²) in [4.78, 5) is 0. The normalized spacial score (nSPS) is 12.2. The lowest BCUT2D eigenvalue weighted by Gasteiger charge is -2.16. The van der Waals surface area contributed by atoms with Crippen molar-refractivity contribution in [3.05, 3.63) is 64.7 Å². The lowest BCUT2D eigenvalue weighted by atomic mass is 9.99. The van der Waals surface area contributed by atoms with Gasteiger partial charge < -0.3 is 10.5 Å². The van der Waals surface area contributed by atoms with E-state index in [-0.39, 0.29) is 6.04 Å². The number of nitrogens with two attached hydrogens (primary N) is 1. The van der Waals surface area contributed by atoms with E-state index in [0.29, 0.717) is 5.02 Å². The highest BCUT2D eigenvalue weighted by Gasteiger charge is 2.14. The van der Waals surface area contributed by atoms with Crippen molar-refractivity contribution in [3.63, 3.8) is 0 Å². The summed E-state index contributed by atoms with van der Waals surface area (Å²) in [6.07, 6.45) is 0. The van der Waals surface area contributed by atoms with Crippen LogP contribution in [0.15, 0.2) is 48.5 Å². The molecule has 88 valence electrons. The maximum Gasteiger partial charge on any atom is 0.124 e. The molecule has 0 bridgehead atoms. The first-order valence-corrected chi connectivity index (χ1v) is 5.74. The topological polar surface area (TPSA) is 35.2 Å². The maximum absolute atomic E-state index is 6.22. The van der Waals surface area contributed by atoms with E-state index in [1.54, 1.807) is 13.2 Å². The van der Waals surface area contributed by atoms with Crippen LogP contribution < -0.4 is 10.5 Å². The Labute approximate surface area is 106 Å². The number of ether oxygens (including phenoxy) is 1. The minimum atomic E-state index is -0.232. The van der Waals surface area contributed by atoms with Gasteiger partial charge in [-0.05, 0) is 23.8 Å². The van der Waals surface area contributed by atoms with Crippen molar-refractivity contribution in [2.45, 2.75) is 6.04 Å². The van der Waals surface area contributed by atoms with E-state index in [9.17, 15) is 0 Å². The van der Waals surface area contributed by atoms with Crippen LogP contribution >= 0.6 is 11.6 Å². The fourth-order valence-electron chi connectivity index (χ4n) is 1.79. The third-order valence-electron chi connectivity index (χ3n) is 2.69. The summed E-state index contributed by atoms with van der Waals surface area (Å²) in [6, 6.07) is 15.1. The predicted molar refractivity (Wildman–Crippen MR) is 70.5 cm³/mol. The zero-order chi connectivity index (χ0) is 12.3. The van der Waals surface area contributed by atoms with Crippen LogP contribution in [-0.4, -0.2) is 7.11 Å². The van der Waals surface area contributed by atoms with E-state index < -0.39 is 0 Å². The molecule has 0 heterocycles. The smallest absolute Gasteiger partial charge is 0.124 e. The van der Waals surface area contributed by atoms with Gasteiger partial charge in [0.15, 0.2) is 0 Å². The molecule has 3 heteroatoms. The van der Waals surface area contributed by atoms with E-state index in [2.05, 4.69) is 0 Å². The summed E-state index contributed by atoms with van der Waals surface area (Å²) >= 11 is 5.99. The van der Waals surface area contributed by atoms with E-state index in [4.69, 9.17) is 22.1 Å². The van der Waals surface area contributed by atoms with Crippen molar-refractivity contribution < 1.29 is 4.74 Å². The fraction of sp³-hybridized carbons (Fsp3) is 0.143. The second-order valence-electron chi connectivity index (χ2n) is 3.77. The molecule has 2 aromatic rings. The Kier molecular flexibility index (Phi) is 3.67. The minimum absolute atomic E-state index is 0.232. The van der Waals surface area contributed by atoms with Crippen molar-refractivity contribution in [2.75, 3.05) is 7.11 Å². The number of halogens is 1. The molecule has 0 saturated carbocycles. The highest BCUT2D eigenvalue weighted by Crippen LogP contribution is 2.30. The van der Waals surface area contributed by atoms with Crippen LogP contribution in [0.1, 0.15) is 17.2 Å². The zero-order valence-electron chi connectivity index (χ0n) is 9.56. The molecule has 0 fully saturated rings. The molecule has 0 aromatic heterocycles. The molecule has 0 aliphatic rings. The number of benzene rings is 2. The van der Waals surface area contributed by atoms with Gasteiger partial charge in [-0.25, -0.2) is 0 Å². The number of hydrogen-bond acceptors (Lipinski definition) is 2. The Morgan fingerprint density at radius 3 is 2.47 bits per heavy atom. The van der Waals surface area contributed by atoms with Crippen LogP contribution in [0.2, 0.25) is 5.02 Å². The maximum atomic E-state index is 6.22. The molecule has 2 rings (SSSR count).